The van der Waals surface area contributed by atoms with Crippen LogP contribution in [0.4, 0.5) is 5.82 Å². The minimum absolute atomic E-state index is 0.498. The maximum atomic E-state index is 11.6. The first kappa shape index (κ1) is 15.1. The summed E-state index contributed by atoms with van der Waals surface area (Å²) in [5.74, 6) is 0.645. The van der Waals surface area contributed by atoms with Gasteiger partial charge < -0.3 is 10.0 Å². The number of carboxylic acids is 1. The third-order valence-corrected chi connectivity index (χ3v) is 5.43. The lowest BCUT2D eigenvalue weighted by atomic mass is 10.2. The molecular weight excluding hydrogens is 322 g/mol. The van der Waals surface area contributed by atoms with Crippen molar-refractivity contribution in [1.82, 2.24) is 9.97 Å². The van der Waals surface area contributed by atoms with Crippen LogP contribution < -0.4 is 4.90 Å². The van der Waals surface area contributed by atoms with Crippen molar-refractivity contribution in [1.29, 1.82) is 0 Å². The fourth-order valence-corrected chi connectivity index (χ4v) is 4.33. The lowest BCUT2D eigenvalue weighted by Crippen LogP contribution is -2.36. The molecule has 3 heterocycles. The summed E-state index contributed by atoms with van der Waals surface area (Å²) in [6, 6.07) is 11.7. The Kier molecular flexibility index (Phi) is 3.69. The van der Waals surface area contributed by atoms with Gasteiger partial charge in [-0.2, -0.15) is 0 Å². The van der Waals surface area contributed by atoms with E-state index in [4.69, 9.17) is 0 Å². The van der Waals surface area contributed by atoms with E-state index in [0.29, 0.717) is 12.2 Å². The van der Waals surface area contributed by atoms with E-state index in [-0.39, 0.29) is 0 Å². The molecule has 0 radical (unpaired) electrons. The van der Waals surface area contributed by atoms with Gasteiger partial charge >= 0.3 is 5.97 Å². The molecule has 1 saturated heterocycles. The lowest BCUT2D eigenvalue weighted by molar-refractivity contribution is -0.138. The zero-order chi connectivity index (χ0) is 16.7. The summed E-state index contributed by atoms with van der Waals surface area (Å²) in [4.78, 5) is 24.6. The number of carbonyl (C=O) groups is 1. The summed E-state index contributed by atoms with van der Waals surface area (Å²) in [6.45, 7) is 2.58. The highest BCUT2D eigenvalue weighted by atomic mass is 32.1. The minimum atomic E-state index is -0.782. The smallest absolute Gasteiger partial charge is 0.326 e. The molecule has 0 aliphatic carbocycles. The first-order chi connectivity index (χ1) is 11.6. The van der Waals surface area contributed by atoms with Crippen molar-refractivity contribution in [2.24, 2.45) is 0 Å². The molecule has 1 fully saturated rings. The zero-order valence-corrected chi connectivity index (χ0v) is 14.1. The van der Waals surface area contributed by atoms with Gasteiger partial charge in [-0.1, -0.05) is 30.3 Å². The number of benzene rings is 1. The van der Waals surface area contributed by atoms with Gasteiger partial charge in [-0.05, 0) is 31.4 Å². The number of thiophene rings is 1. The summed E-state index contributed by atoms with van der Waals surface area (Å²) >= 11 is 1.62. The number of nitrogens with zero attached hydrogens (tertiary/aromatic N) is 3. The summed E-state index contributed by atoms with van der Waals surface area (Å²) in [5, 5.41) is 10.4. The van der Waals surface area contributed by atoms with Crippen LogP contribution in [-0.2, 0) is 4.79 Å². The predicted octanol–water partition coefficient (Wildman–Crippen LogP) is 3.72. The molecule has 6 heteroatoms. The predicted molar refractivity (Wildman–Crippen MR) is 95.6 cm³/mol. The molecule has 24 heavy (non-hydrogen) atoms. The van der Waals surface area contributed by atoms with Gasteiger partial charge in [-0.25, -0.2) is 14.8 Å². The summed E-state index contributed by atoms with van der Waals surface area (Å²) in [7, 11) is 0. The number of aliphatic carboxylic acids is 1. The summed E-state index contributed by atoms with van der Waals surface area (Å²) in [6.07, 6.45) is 1.53. The SMILES string of the molecule is Cc1nc(N2CCC[C@@H]2C(=O)O)c2cc(-c3ccccc3)sc2n1. The zero-order valence-electron chi connectivity index (χ0n) is 13.3. The summed E-state index contributed by atoms with van der Waals surface area (Å²) < 4.78 is 0. The first-order valence-electron chi connectivity index (χ1n) is 7.96. The largest absolute Gasteiger partial charge is 0.480 e. The van der Waals surface area contributed by atoms with Gasteiger partial charge in [0, 0.05) is 11.4 Å². The van der Waals surface area contributed by atoms with Crippen molar-refractivity contribution in [2.75, 3.05) is 11.4 Å². The van der Waals surface area contributed by atoms with Gasteiger partial charge in [0.05, 0.1) is 5.39 Å². The number of rotatable bonds is 3. The molecule has 0 spiro atoms. The Morgan fingerprint density at radius 1 is 1.29 bits per heavy atom. The Morgan fingerprint density at radius 3 is 2.83 bits per heavy atom. The second kappa shape index (κ2) is 5.87. The topological polar surface area (TPSA) is 66.3 Å². The van der Waals surface area contributed by atoms with Gasteiger partial charge in [0.1, 0.15) is 22.5 Å². The average Bonchev–Trinajstić information content (AvgIpc) is 3.21. The minimum Gasteiger partial charge on any atom is -0.480 e. The van der Waals surface area contributed by atoms with Crippen LogP contribution in [0.3, 0.4) is 0 Å². The molecule has 3 aromatic rings. The molecular formula is C18H17N3O2S. The normalized spacial score (nSPS) is 17.5. The molecule has 122 valence electrons. The van der Waals surface area contributed by atoms with Gasteiger partial charge in [-0.3, -0.25) is 0 Å². The number of hydrogen-bond donors (Lipinski definition) is 1. The highest BCUT2D eigenvalue weighted by Gasteiger charge is 2.33. The van der Waals surface area contributed by atoms with E-state index in [1.807, 2.05) is 30.0 Å². The molecule has 4 rings (SSSR count). The van der Waals surface area contributed by atoms with E-state index in [1.54, 1.807) is 11.3 Å². The highest BCUT2D eigenvalue weighted by Crippen LogP contribution is 2.38. The third-order valence-electron chi connectivity index (χ3n) is 4.35. The van der Waals surface area contributed by atoms with E-state index in [2.05, 4.69) is 28.2 Å². The number of anilines is 1. The molecule has 1 atom stereocenters. The maximum absolute atomic E-state index is 11.6. The number of carboxylic acid groups (broad SMARTS) is 1. The third kappa shape index (κ3) is 2.53. The van der Waals surface area contributed by atoms with Crippen molar-refractivity contribution in [3.05, 3.63) is 42.2 Å². The molecule has 1 N–H and O–H groups in total. The van der Waals surface area contributed by atoms with E-state index in [0.717, 1.165) is 39.4 Å². The Bertz CT molecular complexity index is 907. The van der Waals surface area contributed by atoms with Crippen molar-refractivity contribution in [2.45, 2.75) is 25.8 Å². The van der Waals surface area contributed by atoms with Crippen molar-refractivity contribution in [3.63, 3.8) is 0 Å². The molecule has 0 saturated carbocycles. The second-order valence-electron chi connectivity index (χ2n) is 5.98. The first-order valence-corrected chi connectivity index (χ1v) is 8.78. The van der Waals surface area contributed by atoms with Gasteiger partial charge in [-0.15, -0.1) is 11.3 Å². The van der Waals surface area contributed by atoms with Crippen LogP contribution in [0.25, 0.3) is 20.7 Å². The standard InChI is InChI=1S/C18H17N3O2S/c1-11-19-16(21-9-5-8-14(21)18(22)23)13-10-15(24-17(13)20-11)12-6-3-2-4-7-12/h2-4,6-7,10,14H,5,8-9H2,1H3,(H,22,23)/t14-/m1/s1. The van der Waals surface area contributed by atoms with E-state index >= 15 is 0 Å². The van der Waals surface area contributed by atoms with Crippen LogP contribution in [-0.4, -0.2) is 33.6 Å². The average molecular weight is 339 g/mol. The fourth-order valence-electron chi connectivity index (χ4n) is 3.25. The monoisotopic (exact) mass is 339 g/mol. The fraction of sp³-hybridized carbons (Fsp3) is 0.278. The Morgan fingerprint density at radius 2 is 2.08 bits per heavy atom. The molecule has 5 nitrogen and oxygen atoms in total. The second-order valence-corrected chi connectivity index (χ2v) is 7.01. The molecule has 1 aliphatic heterocycles. The van der Waals surface area contributed by atoms with Gasteiger partial charge in [0.2, 0.25) is 0 Å². The number of aromatic nitrogens is 2. The van der Waals surface area contributed by atoms with E-state index < -0.39 is 12.0 Å². The highest BCUT2D eigenvalue weighted by molar-refractivity contribution is 7.21. The quantitative estimate of drug-likeness (QED) is 0.788. The maximum Gasteiger partial charge on any atom is 0.326 e. The lowest BCUT2D eigenvalue weighted by Gasteiger charge is -2.23. The molecule has 1 aromatic carbocycles. The van der Waals surface area contributed by atoms with Crippen LogP contribution in [0.15, 0.2) is 36.4 Å². The van der Waals surface area contributed by atoms with Crippen LogP contribution in [0.5, 0.6) is 0 Å². The van der Waals surface area contributed by atoms with Gasteiger partial charge in [0.15, 0.2) is 0 Å². The van der Waals surface area contributed by atoms with E-state index in [9.17, 15) is 9.90 Å². The number of aryl methyl sites for hydroxylation is 1. The van der Waals surface area contributed by atoms with E-state index in [1.165, 1.54) is 0 Å². The Labute approximate surface area is 143 Å². The molecule has 0 unspecified atom stereocenters. The number of fused-ring (bicyclic) bond motifs is 1. The van der Waals surface area contributed by atoms with Crippen molar-refractivity contribution >= 4 is 33.3 Å². The van der Waals surface area contributed by atoms with Gasteiger partial charge in [0.25, 0.3) is 0 Å². The van der Waals surface area contributed by atoms with Crippen molar-refractivity contribution in [3.8, 4) is 10.4 Å². The molecule has 2 aromatic heterocycles. The Balaban J connectivity index is 1.86. The molecule has 1 aliphatic rings. The molecule has 0 amide bonds. The van der Waals surface area contributed by atoms with Crippen LogP contribution in [0.2, 0.25) is 0 Å². The number of hydrogen-bond acceptors (Lipinski definition) is 5. The molecule has 0 bridgehead atoms. The van der Waals surface area contributed by atoms with Crippen LogP contribution in [0, 0.1) is 6.92 Å². The Hall–Kier alpha value is -2.47. The summed E-state index contributed by atoms with van der Waals surface area (Å²) in [5.41, 5.74) is 1.14. The van der Waals surface area contributed by atoms with Crippen LogP contribution >= 0.6 is 11.3 Å². The van der Waals surface area contributed by atoms with Crippen LogP contribution in [0.1, 0.15) is 18.7 Å². The van der Waals surface area contributed by atoms with Crippen molar-refractivity contribution < 1.29 is 9.90 Å².